The number of benzene rings is 1. The van der Waals surface area contributed by atoms with E-state index in [0.717, 1.165) is 23.7 Å². The lowest BCUT2D eigenvalue weighted by atomic mass is 9.78. The van der Waals surface area contributed by atoms with Crippen LogP contribution < -0.4 is 10.6 Å². The molecule has 0 spiro atoms. The number of nitrogens with two attached hydrogens (primary N) is 1. The fraction of sp³-hybridized carbons (Fsp3) is 0.647. The topological polar surface area (TPSA) is 29.3 Å². The monoisotopic (exact) mass is 276 g/mol. The summed E-state index contributed by atoms with van der Waals surface area (Å²) >= 11 is 0. The van der Waals surface area contributed by atoms with Crippen molar-refractivity contribution in [1.29, 1.82) is 0 Å². The molecule has 0 bridgehead atoms. The van der Waals surface area contributed by atoms with Crippen molar-refractivity contribution in [2.75, 3.05) is 11.4 Å². The highest BCUT2D eigenvalue weighted by molar-refractivity contribution is 5.56. The summed E-state index contributed by atoms with van der Waals surface area (Å²) in [5, 5.41) is 0. The molecule has 1 saturated heterocycles. The Hall–Kier alpha value is -1.09. The van der Waals surface area contributed by atoms with E-state index >= 15 is 0 Å². The van der Waals surface area contributed by atoms with Gasteiger partial charge in [0.1, 0.15) is 5.82 Å². The number of halogens is 1. The predicted molar refractivity (Wildman–Crippen MR) is 81.3 cm³/mol. The molecule has 1 aliphatic carbocycles. The van der Waals surface area contributed by atoms with Gasteiger partial charge < -0.3 is 10.6 Å². The van der Waals surface area contributed by atoms with Crippen LogP contribution in [-0.2, 0) is 0 Å². The zero-order valence-electron chi connectivity index (χ0n) is 12.3. The third-order valence-corrected chi connectivity index (χ3v) is 5.03. The first-order chi connectivity index (χ1) is 9.66. The van der Waals surface area contributed by atoms with Crippen LogP contribution in [0, 0.1) is 11.7 Å². The van der Waals surface area contributed by atoms with E-state index in [9.17, 15) is 4.39 Å². The van der Waals surface area contributed by atoms with Crippen molar-refractivity contribution in [3.63, 3.8) is 0 Å². The van der Waals surface area contributed by atoms with Crippen LogP contribution in [0.2, 0.25) is 0 Å². The number of hydrogen-bond donors (Lipinski definition) is 1. The Balaban J connectivity index is 1.94. The molecule has 3 heteroatoms. The van der Waals surface area contributed by atoms with Crippen LogP contribution in [0.4, 0.5) is 10.1 Å². The van der Waals surface area contributed by atoms with E-state index in [2.05, 4.69) is 4.90 Å². The van der Waals surface area contributed by atoms with Gasteiger partial charge in [-0.2, -0.15) is 0 Å². The third kappa shape index (κ3) is 2.56. The molecule has 110 valence electrons. The Bertz CT molecular complexity index is 470. The largest absolute Gasteiger partial charge is 0.368 e. The molecule has 2 nitrogen and oxygen atoms in total. The van der Waals surface area contributed by atoms with E-state index in [4.69, 9.17) is 5.73 Å². The van der Waals surface area contributed by atoms with Gasteiger partial charge in [0.25, 0.3) is 0 Å². The van der Waals surface area contributed by atoms with Crippen molar-refractivity contribution in [3.8, 4) is 0 Å². The Labute approximate surface area is 121 Å². The Kier molecular flexibility index (Phi) is 3.97. The molecule has 20 heavy (non-hydrogen) atoms. The number of nitrogens with zero attached hydrogens (tertiary/aromatic N) is 1. The van der Waals surface area contributed by atoms with Gasteiger partial charge in [-0.15, -0.1) is 0 Å². The molecule has 3 atom stereocenters. The van der Waals surface area contributed by atoms with Crippen LogP contribution in [0.1, 0.15) is 57.1 Å². The molecule has 2 N–H and O–H groups in total. The van der Waals surface area contributed by atoms with Gasteiger partial charge in [-0.3, -0.25) is 0 Å². The molecule has 0 amide bonds. The van der Waals surface area contributed by atoms with E-state index in [1.165, 1.54) is 38.5 Å². The second kappa shape index (κ2) is 5.72. The van der Waals surface area contributed by atoms with Crippen molar-refractivity contribution >= 4 is 5.69 Å². The summed E-state index contributed by atoms with van der Waals surface area (Å²) in [4.78, 5) is 2.52. The molecule has 1 saturated carbocycles. The fourth-order valence-electron chi connectivity index (χ4n) is 4.08. The predicted octanol–water partition coefficient (Wildman–Crippen LogP) is 4.00. The molecular formula is C17H25FN2. The first kappa shape index (κ1) is 13.9. The number of piperidine rings is 1. The smallest absolute Gasteiger partial charge is 0.123 e. The minimum atomic E-state index is -0.182. The van der Waals surface area contributed by atoms with E-state index in [1.54, 1.807) is 12.1 Å². The van der Waals surface area contributed by atoms with Crippen LogP contribution in [-0.4, -0.2) is 12.6 Å². The normalized spacial score (nSPS) is 28.1. The maximum absolute atomic E-state index is 13.5. The Morgan fingerprint density at radius 2 is 1.95 bits per heavy atom. The molecule has 1 unspecified atom stereocenters. The lowest BCUT2D eigenvalue weighted by Crippen LogP contribution is -2.47. The minimum Gasteiger partial charge on any atom is -0.368 e. The molecular weight excluding hydrogens is 251 g/mol. The molecule has 0 aromatic heterocycles. The summed E-state index contributed by atoms with van der Waals surface area (Å²) in [5.41, 5.74) is 8.18. The SMILES string of the molecule is CC(N)c1cc(F)ccc1N1CCC[C@H]2CCCC[C@H]21. The van der Waals surface area contributed by atoms with Gasteiger partial charge in [0, 0.05) is 24.3 Å². The van der Waals surface area contributed by atoms with Crippen LogP contribution in [0.25, 0.3) is 0 Å². The average Bonchev–Trinajstić information content (AvgIpc) is 2.46. The van der Waals surface area contributed by atoms with Gasteiger partial charge in [0.05, 0.1) is 0 Å². The van der Waals surface area contributed by atoms with Crippen molar-refractivity contribution in [2.24, 2.45) is 11.7 Å². The second-order valence-electron chi connectivity index (χ2n) is 6.44. The highest BCUT2D eigenvalue weighted by atomic mass is 19.1. The van der Waals surface area contributed by atoms with Crippen molar-refractivity contribution in [1.82, 2.24) is 0 Å². The molecule has 1 aromatic rings. The molecule has 3 rings (SSSR count). The first-order valence-corrected chi connectivity index (χ1v) is 7.98. The van der Waals surface area contributed by atoms with Gasteiger partial charge in [-0.1, -0.05) is 12.8 Å². The van der Waals surface area contributed by atoms with Crippen LogP contribution in [0.5, 0.6) is 0 Å². The summed E-state index contributed by atoms with van der Waals surface area (Å²) < 4.78 is 13.5. The van der Waals surface area contributed by atoms with Gasteiger partial charge in [-0.25, -0.2) is 4.39 Å². The van der Waals surface area contributed by atoms with Crippen LogP contribution in [0.3, 0.4) is 0 Å². The lowest BCUT2D eigenvalue weighted by Gasteiger charge is -2.46. The molecule has 1 aliphatic heterocycles. The van der Waals surface area contributed by atoms with Crippen molar-refractivity contribution < 1.29 is 4.39 Å². The fourth-order valence-corrected chi connectivity index (χ4v) is 4.08. The minimum absolute atomic E-state index is 0.121. The average molecular weight is 276 g/mol. The standard InChI is InChI=1S/C17H25FN2/c1-12(19)15-11-14(18)8-9-17(15)20-10-4-6-13-5-2-3-7-16(13)20/h8-9,11-13,16H,2-7,10,19H2,1H3/t12?,13-,16-/m1/s1. The van der Waals surface area contributed by atoms with E-state index < -0.39 is 0 Å². The van der Waals surface area contributed by atoms with Gasteiger partial charge in [0.2, 0.25) is 0 Å². The number of hydrogen-bond acceptors (Lipinski definition) is 2. The third-order valence-electron chi connectivity index (χ3n) is 5.03. The molecule has 1 aromatic carbocycles. The number of anilines is 1. The zero-order chi connectivity index (χ0) is 14.1. The van der Waals surface area contributed by atoms with E-state index in [-0.39, 0.29) is 11.9 Å². The summed E-state index contributed by atoms with van der Waals surface area (Å²) in [7, 11) is 0. The van der Waals surface area contributed by atoms with Crippen molar-refractivity contribution in [3.05, 3.63) is 29.6 Å². The summed E-state index contributed by atoms with van der Waals surface area (Å²) in [5.74, 6) is 0.640. The quantitative estimate of drug-likeness (QED) is 0.884. The number of fused-ring (bicyclic) bond motifs is 1. The molecule has 2 aliphatic rings. The lowest BCUT2D eigenvalue weighted by molar-refractivity contribution is 0.243. The van der Waals surface area contributed by atoms with Crippen molar-refractivity contribution in [2.45, 2.75) is 57.5 Å². The summed E-state index contributed by atoms with van der Waals surface area (Å²) in [6.07, 6.45) is 7.94. The van der Waals surface area contributed by atoms with E-state index in [0.29, 0.717) is 6.04 Å². The maximum atomic E-state index is 13.5. The number of rotatable bonds is 2. The summed E-state index contributed by atoms with van der Waals surface area (Å²) in [6.45, 7) is 3.03. The summed E-state index contributed by atoms with van der Waals surface area (Å²) in [6, 6.07) is 5.65. The van der Waals surface area contributed by atoms with Gasteiger partial charge in [-0.05, 0) is 62.3 Å². The maximum Gasteiger partial charge on any atom is 0.123 e. The van der Waals surface area contributed by atoms with E-state index in [1.807, 2.05) is 13.0 Å². The van der Waals surface area contributed by atoms with Crippen LogP contribution in [0.15, 0.2) is 18.2 Å². The Morgan fingerprint density at radius 3 is 2.75 bits per heavy atom. The zero-order valence-corrected chi connectivity index (χ0v) is 12.3. The first-order valence-electron chi connectivity index (χ1n) is 7.98. The van der Waals surface area contributed by atoms with Gasteiger partial charge in [0.15, 0.2) is 0 Å². The highest BCUT2D eigenvalue weighted by Gasteiger charge is 2.34. The van der Waals surface area contributed by atoms with Crippen LogP contribution >= 0.6 is 0 Å². The Morgan fingerprint density at radius 1 is 1.20 bits per heavy atom. The highest BCUT2D eigenvalue weighted by Crippen LogP contribution is 2.39. The second-order valence-corrected chi connectivity index (χ2v) is 6.44. The molecule has 0 radical (unpaired) electrons. The molecule has 1 heterocycles. The molecule has 2 fully saturated rings. The van der Waals surface area contributed by atoms with Gasteiger partial charge >= 0.3 is 0 Å².